The van der Waals surface area contributed by atoms with Crippen LogP contribution in [0, 0.1) is 5.92 Å². The zero-order valence-electron chi connectivity index (χ0n) is 16.2. The quantitative estimate of drug-likeness (QED) is 0.735. The van der Waals surface area contributed by atoms with E-state index >= 15 is 0 Å². The number of nitrogens with two attached hydrogens (primary N) is 1. The van der Waals surface area contributed by atoms with Gasteiger partial charge in [0.25, 0.3) is 5.91 Å². The van der Waals surface area contributed by atoms with Crippen LogP contribution in [0.1, 0.15) is 43.5 Å². The molecule has 1 saturated heterocycles. The molecule has 5 nitrogen and oxygen atoms in total. The van der Waals surface area contributed by atoms with Gasteiger partial charge in [0.05, 0.1) is 12.3 Å². The number of anilines is 3. The summed E-state index contributed by atoms with van der Waals surface area (Å²) in [6.07, 6.45) is 3.38. The molecule has 2 aromatic rings. The van der Waals surface area contributed by atoms with Gasteiger partial charge in [0.2, 0.25) is 0 Å². The number of nitrogens with one attached hydrogen (secondary N) is 1. The fourth-order valence-corrected chi connectivity index (χ4v) is 3.26. The largest absolute Gasteiger partial charge is 0.491 e. The Balaban J connectivity index is 1.61. The summed E-state index contributed by atoms with van der Waals surface area (Å²) < 4.78 is 5.55. The van der Waals surface area contributed by atoms with Crippen molar-refractivity contribution < 1.29 is 9.53 Å². The van der Waals surface area contributed by atoms with Gasteiger partial charge >= 0.3 is 0 Å². The molecule has 1 amide bonds. The molecule has 2 aromatic carbocycles. The van der Waals surface area contributed by atoms with Crippen molar-refractivity contribution in [1.82, 2.24) is 0 Å². The van der Waals surface area contributed by atoms with Crippen molar-refractivity contribution in [2.45, 2.75) is 33.1 Å². The van der Waals surface area contributed by atoms with Crippen molar-refractivity contribution >= 4 is 23.0 Å². The molecule has 27 heavy (non-hydrogen) atoms. The number of hydrogen-bond donors (Lipinski definition) is 2. The van der Waals surface area contributed by atoms with Crippen LogP contribution in [0.2, 0.25) is 0 Å². The van der Waals surface area contributed by atoms with Gasteiger partial charge in [-0.15, -0.1) is 0 Å². The molecule has 1 aliphatic heterocycles. The Morgan fingerprint density at radius 1 is 1.19 bits per heavy atom. The van der Waals surface area contributed by atoms with Gasteiger partial charge in [0.15, 0.2) is 0 Å². The monoisotopic (exact) mass is 367 g/mol. The Kier molecular flexibility index (Phi) is 6.22. The van der Waals surface area contributed by atoms with E-state index in [-0.39, 0.29) is 5.91 Å². The number of carbonyl (C=O) groups is 1. The third-order valence-corrected chi connectivity index (χ3v) is 5.01. The van der Waals surface area contributed by atoms with Crippen LogP contribution in [0.4, 0.5) is 17.1 Å². The number of benzene rings is 2. The van der Waals surface area contributed by atoms with Crippen molar-refractivity contribution in [3.63, 3.8) is 0 Å². The molecule has 144 valence electrons. The first-order chi connectivity index (χ1) is 13.1. The summed E-state index contributed by atoms with van der Waals surface area (Å²) in [5.74, 6) is 1.25. The molecule has 0 unspecified atom stereocenters. The van der Waals surface area contributed by atoms with E-state index in [0.29, 0.717) is 23.6 Å². The standard InChI is InChI=1S/C22H29N3O2/c1-3-14-27-21-9-4-17(15-20(21)23)22(26)24-18-5-7-19(8-6-18)25-12-10-16(2)11-13-25/h4-9,15-16H,3,10-14,23H2,1-2H3,(H,24,26). The molecule has 0 bridgehead atoms. The number of rotatable bonds is 6. The Labute approximate surface area is 161 Å². The maximum absolute atomic E-state index is 12.5. The minimum Gasteiger partial charge on any atom is -0.491 e. The van der Waals surface area contributed by atoms with Crippen molar-refractivity contribution in [2.75, 3.05) is 35.6 Å². The normalized spacial score (nSPS) is 14.8. The molecule has 0 spiro atoms. The molecule has 0 aromatic heterocycles. The molecule has 3 N–H and O–H groups in total. The average molecular weight is 367 g/mol. The van der Waals surface area contributed by atoms with Gasteiger partial charge in [-0.2, -0.15) is 0 Å². The summed E-state index contributed by atoms with van der Waals surface area (Å²) in [5, 5.41) is 2.93. The maximum Gasteiger partial charge on any atom is 0.255 e. The average Bonchev–Trinajstić information content (AvgIpc) is 2.68. The fourth-order valence-electron chi connectivity index (χ4n) is 3.26. The highest BCUT2D eigenvalue weighted by atomic mass is 16.5. The van der Waals surface area contributed by atoms with Gasteiger partial charge in [-0.05, 0) is 67.6 Å². The molecule has 0 atom stereocenters. The van der Waals surface area contributed by atoms with Crippen molar-refractivity contribution in [1.29, 1.82) is 0 Å². The Hall–Kier alpha value is -2.69. The van der Waals surface area contributed by atoms with Crippen LogP contribution >= 0.6 is 0 Å². The smallest absolute Gasteiger partial charge is 0.255 e. The van der Waals surface area contributed by atoms with Crippen molar-refractivity contribution in [3.8, 4) is 5.75 Å². The second kappa shape index (κ2) is 8.80. The number of nitrogen functional groups attached to an aromatic ring is 1. The molecule has 1 fully saturated rings. The van der Waals surface area contributed by atoms with Crippen LogP contribution in [0.25, 0.3) is 0 Å². The highest BCUT2D eigenvalue weighted by molar-refractivity contribution is 6.05. The Morgan fingerprint density at radius 3 is 2.52 bits per heavy atom. The predicted molar refractivity (Wildman–Crippen MR) is 112 cm³/mol. The molecule has 0 aliphatic carbocycles. The highest BCUT2D eigenvalue weighted by Gasteiger charge is 2.16. The third-order valence-electron chi connectivity index (χ3n) is 5.01. The van der Waals surface area contributed by atoms with E-state index < -0.39 is 0 Å². The number of ether oxygens (including phenoxy) is 1. The molecule has 3 rings (SSSR count). The second-order valence-corrected chi connectivity index (χ2v) is 7.27. The summed E-state index contributed by atoms with van der Waals surface area (Å²) >= 11 is 0. The molecule has 1 aliphatic rings. The maximum atomic E-state index is 12.5. The summed E-state index contributed by atoms with van der Waals surface area (Å²) in [6.45, 7) is 7.15. The topological polar surface area (TPSA) is 67.6 Å². The molecule has 0 radical (unpaired) electrons. The predicted octanol–water partition coefficient (Wildman–Crippen LogP) is 4.55. The first kappa shape index (κ1) is 19.1. The zero-order chi connectivity index (χ0) is 19.2. The summed E-state index contributed by atoms with van der Waals surface area (Å²) in [7, 11) is 0. The van der Waals surface area contributed by atoms with E-state index in [9.17, 15) is 4.79 Å². The van der Waals surface area contributed by atoms with E-state index in [0.717, 1.165) is 31.1 Å². The third kappa shape index (κ3) is 4.94. The lowest BCUT2D eigenvalue weighted by molar-refractivity contribution is 0.102. The number of nitrogens with zero attached hydrogens (tertiary/aromatic N) is 1. The first-order valence-electron chi connectivity index (χ1n) is 9.75. The minimum atomic E-state index is -0.178. The number of amides is 1. The second-order valence-electron chi connectivity index (χ2n) is 7.27. The van der Waals surface area contributed by atoms with Crippen LogP contribution in [-0.2, 0) is 0 Å². The Morgan fingerprint density at radius 2 is 1.89 bits per heavy atom. The molecular formula is C22H29N3O2. The van der Waals surface area contributed by atoms with Gasteiger partial charge in [-0.25, -0.2) is 0 Å². The number of carbonyl (C=O) groups excluding carboxylic acids is 1. The van der Waals surface area contributed by atoms with E-state index in [1.165, 1.54) is 18.5 Å². The zero-order valence-corrected chi connectivity index (χ0v) is 16.2. The molecule has 1 heterocycles. The number of hydrogen-bond acceptors (Lipinski definition) is 4. The van der Waals surface area contributed by atoms with Gasteiger partial charge in [0, 0.05) is 30.0 Å². The SMILES string of the molecule is CCCOc1ccc(C(=O)Nc2ccc(N3CCC(C)CC3)cc2)cc1N. The summed E-state index contributed by atoms with van der Waals surface area (Å²) in [5.41, 5.74) is 8.98. The first-order valence-corrected chi connectivity index (χ1v) is 9.75. The van der Waals surface area contributed by atoms with Gasteiger partial charge < -0.3 is 20.7 Å². The van der Waals surface area contributed by atoms with Crippen LogP contribution in [0.3, 0.4) is 0 Å². The number of piperidine rings is 1. The van der Waals surface area contributed by atoms with Gasteiger partial charge in [-0.1, -0.05) is 13.8 Å². The van der Waals surface area contributed by atoms with Crippen molar-refractivity contribution in [2.24, 2.45) is 5.92 Å². The van der Waals surface area contributed by atoms with Crippen LogP contribution < -0.4 is 20.7 Å². The van der Waals surface area contributed by atoms with Gasteiger partial charge in [-0.3, -0.25) is 4.79 Å². The molecular weight excluding hydrogens is 338 g/mol. The lowest BCUT2D eigenvalue weighted by Crippen LogP contribution is -2.32. The van der Waals surface area contributed by atoms with Crippen LogP contribution in [0.15, 0.2) is 42.5 Å². The van der Waals surface area contributed by atoms with Crippen LogP contribution in [0.5, 0.6) is 5.75 Å². The Bertz CT molecular complexity index is 766. The van der Waals surface area contributed by atoms with Crippen LogP contribution in [-0.4, -0.2) is 25.6 Å². The van der Waals surface area contributed by atoms with Gasteiger partial charge in [0.1, 0.15) is 5.75 Å². The lowest BCUT2D eigenvalue weighted by Gasteiger charge is -2.32. The fraction of sp³-hybridized carbons (Fsp3) is 0.409. The van der Waals surface area contributed by atoms with E-state index in [1.54, 1.807) is 18.2 Å². The summed E-state index contributed by atoms with van der Waals surface area (Å²) in [4.78, 5) is 14.9. The van der Waals surface area contributed by atoms with E-state index in [1.807, 2.05) is 19.1 Å². The minimum absolute atomic E-state index is 0.178. The molecule has 5 heteroatoms. The highest BCUT2D eigenvalue weighted by Crippen LogP contribution is 2.26. The molecule has 0 saturated carbocycles. The van der Waals surface area contributed by atoms with E-state index in [2.05, 4.69) is 29.3 Å². The lowest BCUT2D eigenvalue weighted by atomic mass is 9.99. The van der Waals surface area contributed by atoms with Crippen molar-refractivity contribution in [3.05, 3.63) is 48.0 Å². The van der Waals surface area contributed by atoms with E-state index in [4.69, 9.17) is 10.5 Å². The summed E-state index contributed by atoms with van der Waals surface area (Å²) in [6, 6.07) is 13.2.